The summed E-state index contributed by atoms with van der Waals surface area (Å²) in [5.41, 5.74) is 16.1. The van der Waals surface area contributed by atoms with Crippen molar-refractivity contribution in [1.82, 2.24) is 0 Å². The van der Waals surface area contributed by atoms with Gasteiger partial charge in [-0.3, -0.25) is 0 Å². The molecule has 4 heteroatoms. The van der Waals surface area contributed by atoms with Crippen molar-refractivity contribution in [2.75, 3.05) is 0 Å². The van der Waals surface area contributed by atoms with Crippen LogP contribution in [0.15, 0.2) is 158 Å². The van der Waals surface area contributed by atoms with Crippen molar-refractivity contribution in [2.24, 2.45) is 11.8 Å². The first-order chi connectivity index (χ1) is 28.1. The molecule has 0 heterocycles. The summed E-state index contributed by atoms with van der Waals surface area (Å²) in [7, 11) is 11.0. The Morgan fingerprint density at radius 2 is 0.793 bits per heavy atom. The third kappa shape index (κ3) is 11.7. The average Bonchev–Trinajstić information content (AvgIpc) is 3.82. The molecule has 0 aliphatic heterocycles. The molecule has 0 atom stereocenters. The summed E-state index contributed by atoms with van der Waals surface area (Å²) in [6, 6.07) is 57.6. The summed E-state index contributed by atoms with van der Waals surface area (Å²) in [5, 5.41) is 5.46. The second kappa shape index (κ2) is 22.6. The van der Waals surface area contributed by atoms with E-state index in [1.165, 1.54) is 88.3 Å². The fourth-order valence-corrected chi connectivity index (χ4v) is 7.94. The second-order valence-corrected chi connectivity index (χ2v) is 20.6. The van der Waals surface area contributed by atoms with Crippen molar-refractivity contribution in [2.45, 2.75) is 67.5 Å². The van der Waals surface area contributed by atoms with Crippen LogP contribution >= 0.6 is 17.0 Å². The van der Waals surface area contributed by atoms with Gasteiger partial charge in [-0.05, 0) is 71.9 Å². The molecule has 8 aromatic rings. The Morgan fingerprint density at radius 1 is 0.483 bits per heavy atom. The normalized spacial score (nSPS) is 10.7. The summed E-state index contributed by atoms with van der Waals surface area (Å²) in [6.45, 7) is 17.9. The maximum absolute atomic E-state index is 4.93. The number of benzene rings is 6. The zero-order valence-corrected chi connectivity index (χ0v) is 40.3. The molecule has 0 N–H and O–H groups in total. The number of halogens is 2. The second-order valence-electron chi connectivity index (χ2n) is 15.8. The van der Waals surface area contributed by atoms with Gasteiger partial charge >= 0.3 is 37.9 Å². The molecular weight excluding hydrogens is 839 g/mol. The first-order valence-corrected chi connectivity index (χ1v) is 28.6. The molecule has 2 radical (unpaired) electrons. The van der Waals surface area contributed by atoms with Gasteiger partial charge in [0.15, 0.2) is 0 Å². The van der Waals surface area contributed by atoms with Gasteiger partial charge in [0.1, 0.15) is 0 Å². The van der Waals surface area contributed by atoms with Gasteiger partial charge in [-0.25, -0.2) is 0 Å². The van der Waals surface area contributed by atoms with Crippen LogP contribution < -0.4 is 0 Å². The number of rotatable bonds is 8. The van der Waals surface area contributed by atoms with E-state index in [9.17, 15) is 0 Å². The molecular formula is C54H56Cl2SiZr. The van der Waals surface area contributed by atoms with Crippen LogP contribution in [0, 0.1) is 25.7 Å². The average molecular weight is 895 g/mol. The first kappa shape index (κ1) is 45.3. The van der Waals surface area contributed by atoms with Crippen LogP contribution in [0.5, 0.6) is 0 Å². The van der Waals surface area contributed by atoms with Crippen molar-refractivity contribution in [3.05, 3.63) is 180 Å². The predicted octanol–water partition coefficient (Wildman–Crippen LogP) is 17.0. The van der Waals surface area contributed by atoms with Crippen molar-refractivity contribution < 1.29 is 20.8 Å². The first-order valence-electron chi connectivity index (χ1n) is 20.3. The molecule has 294 valence electrons. The van der Waals surface area contributed by atoms with E-state index >= 15 is 0 Å². The molecule has 58 heavy (non-hydrogen) atoms. The molecule has 0 aliphatic carbocycles. The van der Waals surface area contributed by atoms with E-state index in [1.807, 2.05) is 0 Å². The molecule has 8 rings (SSSR count). The van der Waals surface area contributed by atoms with Gasteiger partial charge < -0.3 is 0 Å². The van der Waals surface area contributed by atoms with E-state index in [2.05, 4.69) is 212 Å². The Labute approximate surface area is 369 Å². The third-order valence-electron chi connectivity index (χ3n) is 10.2. The molecule has 0 saturated carbocycles. The molecule has 0 fully saturated rings. The van der Waals surface area contributed by atoms with Gasteiger partial charge in [0.05, 0.1) is 0 Å². The quantitative estimate of drug-likeness (QED) is 0.105. The van der Waals surface area contributed by atoms with Crippen LogP contribution in [0.25, 0.3) is 66.1 Å². The molecule has 0 saturated heterocycles. The summed E-state index contributed by atoms with van der Waals surface area (Å²) < 4.78 is 0. The van der Waals surface area contributed by atoms with Crippen LogP contribution in [0.3, 0.4) is 0 Å². The van der Waals surface area contributed by atoms with Crippen molar-refractivity contribution in [1.29, 1.82) is 0 Å². The van der Waals surface area contributed by atoms with E-state index < -0.39 is 20.8 Å². The van der Waals surface area contributed by atoms with E-state index in [0.29, 0.717) is 11.8 Å². The molecule has 0 nitrogen and oxygen atoms in total. The minimum atomic E-state index is -0.826. The van der Waals surface area contributed by atoms with Gasteiger partial charge in [0.25, 0.3) is 0 Å². The van der Waals surface area contributed by atoms with E-state index in [-0.39, 0.29) is 0 Å². The number of hydrogen-bond donors (Lipinski definition) is 0. The zero-order chi connectivity index (χ0) is 41.6. The summed E-state index contributed by atoms with van der Waals surface area (Å²) >= 11 is -0.826. The molecule has 0 unspecified atom stereocenters. The van der Waals surface area contributed by atoms with Crippen LogP contribution in [0.2, 0.25) is 13.1 Å². The van der Waals surface area contributed by atoms with Gasteiger partial charge in [-0.15, -0.1) is 69.1 Å². The van der Waals surface area contributed by atoms with E-state index in [0.717, 1.165) is 22.4 Å². The Balaban J connectivity index is 0.000000195. The molecule has 0 aliphatic rings. The zero-order valence-electron chi connectivity index (χ0n) is 35.3. The molecule has 0 spiro atoms. The standard InChI is InChI=1S/2C26H25.C2H6Si.2ClH.Zr/c2*1-18(2)15-20-16-22-14-13-19(3)26(25(22)17-20)24-12-8-7-11-23(24)21-9-5-4-6-10-21;1-3-2;;;/h2*4-14,16-18H,15H2,1-3H3;1-2H3;2*1H;/q2*-1;;;;+4/p-2. The Bertz CT molecular complexity index is 2300. The molecule has 0 amide bonds. The maximum atomic E-state index is 4.93. The molecule has 0 bridgehead atoms. The van der Waals surface area contributed by atoms with Crippen molar-refractivity contribution in [3.63, 3.8) is 0 Å². The number of hydrogen-bond acceptors (Lipinski definition) is 0. The topological polar surface area (TPSA) is 0 Å². The Morgan fingerprint density at radius 3 is 1.12 bits per heavy atom. The van der Waals surface area contributed by atoms with Crippen LogP contribution in [-0.2, 0) is 33.7 Å². The predicted molar refractivity (Wildman–Crippen MR) is 257 cm³/mol. The van der Waals surface area contributed by atoms with Crippen LogP contribution in [0.1, 0.15) is 49.9 Å². The number of fused-ring (bicyclic) bond motifs is 2. The van der Waals surface area contributed by atoms with Gasteiger partial charge in [-0.1, -0.05) is 172 Å². The third-order valence-corrected chi connectivity index (χ3v) is 10.2. The van der Waals surface area contributed by atoms with Crippen molar-refractivity contribution >= 4 is 48.1 Å². The van der Waals surface area contributed by atoms with Gasteiger partial charge in [0.2, 0.25) is 0 Å². The summed E-state index contributed by atoms with van der Waals surface area (Å²) in [4.78, 5) is 0. The minimum absolute atomic E-state index is 0.674. The molecule has 8 aromatic carbocycles. The van der Waals surface area contributed by atoms with Crippen LogP contribution in [-0.4, -0.2) is 9.52 Å². The fourth-order valence-electron chi connectivity index (χ4n) is 7.94. The monoisotopic (exact) mass is 892 g/mol. The Hall–Kier alpha value is -3.78. The van der Waals surface area contributed by atoms with E-state index in [4.69, 9.17) is 17.0 Å². The van der Waals surface area contributed by atoms with Gasteiger partial charge in [0, 0.05) is 9.52 Å². The fraction of sp³-hybridized carbons (Fsp3) is 0.222. The van der Waals surface area contributed by atoms with E-state index in [1.54, 1.807) is 0 Å². The SMILES string of the molecule is C[Si]C.Cc1ccc2[cH-]c(CC(C)C)cc2c1-c1ccccc1-c1ccccc1.Cc1ccc2[cH-]c(CC(C)C)cc2c1-c1ccccc1-c1ccccc1.[Cl][Zr+2][Cl]. The molecule has 0 aromatic heterocycles. The van der Waals surface area contributed by atoms with Crippen molar-refractivity contribution in [3.8, 4) is 44.5 Å². The summed E-state index contributed by atoms with van der Waals surface area (Å²) in [6.07, 6.45) is 2.26. The number of aryl methyl sites for hydroxylation is 2. The summed E-state index contributed by atoms with van der Waals surface area (Å²) in [5.74, 6) is 1.35. The van der Waals surface area contributed by atoms with Crippen LogP contribution in [0.4, 0.5) is 0 Å². The Kier molecular flexibility index (Phi) is 17.6. The van der Waals surface area contributed by atoms with Gasteiger partial charge in [-0.2, -0.15) is 12.1 Å².